The number of rotatable bonds is 4. The number of aliphatic hydroxyl groups excluding tert-OH is 1. The molecule has 108 valence electrons. The van der Waals surface area contributed by atoms with Gasteiger partial charge in [0.15, 0.2) is 0 Å². The maximum Gasteiger partial charge on any atom is 0.259 e. The van der Waals surface area contributed by atoms with Crippen molar-refractivity contribution in [2.75, 3.05) is 13.6 Å². The second-order valence-electron chi connectivity index (χ2n) is 5.60. The average Bonchev–Trinajstić information content (AvgIpc) is 2.86. The summed E-state index contributed by atoms with van der Waals surface area (Å²) in [5.41, 5.74) is 1.19. The van der Waals surface area contributed by atoms with Crippen molar-refractivity contribution in [3.63, 3.8) is 0 Å². The maximum absolute atomic E-state index is 12.3. The smallest absolute Gasteiger partial charge is 0.259 e. The Labute approximate surface area is 121 Å². The van der Waals surface area contributed by atoms with Gasteiger partial charge in [0.1, 0.15) is 10.7 Å². The number of aromatic amines is 1. The number of hydrogen-bond acceptors (Lipinski definition) is 5. The van der Waals surface area contributed by atoms with Crippen molar-refractivity contribution in [2.45, 2.75) is 38.8 Å². The van der Waals surface area contributed by atoms with Gasteiger partial charge in [-0.1, -0.05) is 0 Å². The van der Waals surface area contributed by atoms with Crippen molar-refractivity contribution < 1.29 is 5.11 Å². The molecule has 5 nitrogen and oxygen atoms in total. The molecule has 0 saturated carbocycles. The molecule has 0 saturated heterocycles. The molecule has 20 heavy (non-hydrogen) atoms. The molecule has 1 atom stereocenters. The van der Waals surface area contributed by atoms with Gasteiger partial charge >= 0.3 is 0 Å². The number of thiophene rings is 1. The van der Waals surface area contributed by atoms with Gasteiger partial charge in [0, 0.05) is 11.4 Å². The van der Waals surface area contributed by atoms with Gasteiger partial charge in [-0.05, 0) is 38.8 Å². The van der Waals surface area contributed by atoms with Crippen LogP contribution >= 0.6 is 11.3 Å². The fraction of sp³-hybridized carbons (Fsp3) is 0.571. The first-order valence-electron chi connectivity index (χ1n) is 6.94. The van der Waals surface area contributed by atoms with E-state index in [-0.39, 0.29) is 11.7 Å². The van der Waals surface area contributed by atoms with Crippen LogP contribution in [0.4, 0.5) is 0 Å². The molecule has 2 N–H and O–H groups in total. The Bertz CT molecular complexity index is 690. The zero-order valence-corrected chi connectivity index (χ0v) is 12.6. The molecule has 0 bridgehead atoms. The van der Waals surface area contributed by atoms with E-state index < -0.39 is 0 Å². The molecule has 0 amide bonds. The van der Waals surface area contributed by atoms with E-state index in [0.717, 1.165) is 29.5 Å². The van der Waals surface area contributed by atoms with Crippen LogP contribution in [0.5, 0.6) is 0 Å². The highest BCUT2D eigenvalue weighted by atomic mass is 32.1. The Morgan fingerprint density at radius 1 is 1.50 bits per heavy atom. The standard InChI is InChI=1S/C14H19N3O2S/c1-8(18)6-17(2)7-11-15-13(19)12-9-4-3-5-10(9)20-14(12)16-11/h8,18H,3-7H2,1-2H3,(H,15,16,19). The molecule has 1 aliphatic rings. The van der Waals surface area contributed by atoms with Gasteiger partial charge in [0.05, 0.1) is 18.0 Å². The van der Waals surface area contributed by atoms with Crippen molar-refractivity contribution in [3.8, 4) is 0 Å². The summed E-state index contributed by atoms with van der Waals surface area (Å²) in [6.07, 6.45) is 2.84. The van der Waals surface area contributed by atoms with Crippen LogP contribution in [0, 0.1) is 0 Å². The van der Waals surface area contributed by atoms with Crippen molar-refractivity contribution in [2.24, 2.45) is 0 Å². The molecule has 0 radical (unpaired) electrons. The number of nitrogens with one attached hydrogen (secondary N) is 1. The predicted octanol–water partition coefficient (Wildman–Crippen LogP) is 1.29. The summed E-state index contributed by atoms with van der Waals surface area (Å²) in [6, 6.07) is 0. The average molecular weight is 293 g/mol. The summed E-state index contributed by atoms with van der Waals surface area (Å²) in [4.78, 5) is 23.9. The van der Waals surface area contributed by atoms with Crippen molar-refractivity contribution in [3.05, 3.63) is 26.6 Å². The lowest BCUT2D eigenvalue weighted by Crippen LogP contribution is -2.28. The molecule has 2 aromatic heterocycles. The molecule has 0 aromatic carbocycles. The largest absolute Gasteiger partial charge is 0.392 e. The van der Waals surface area contributed by atoms with Crippen LogP contribution in [-0.4, -0.2) is 39.7 Å². The van der Waals surface area contributed by atoms with Crippen LogP contribution in [0.1, 0.15) is 29.6 Å². The number of fused-ring (bicyclic) bond motifs is 3. The van der Waals surface area contributed by atoms with Gasteiger partial charge in [-0.2, -0.15) is 0 Å². The molecular weight excluding hydrogens is 274 g/mol. The lowest BCUT2D eigenvalue weighted by atomic mass is 10.2. The quantitative estimate of drug-likeness (QED) is 0.891. The van der Waals surface area contributed by atoms with Gasteiger partial charge in [0.2, 0.25) is 0 Å². The highest BCUT2D eigenvalue weighted by Gasteiger charge is 2.21. The normalized spacial score (nSPS) is 16.0. The number of H-pyrrole nitrogens is 1. The van der Waals surface area contributed by atoms with Crippen LogP contribution in [0.2, 0.25) is 0 Å². The number of aromatic nitrogens is 2. The summed E-state index contributed by atoms with van der Waals surface area (Å²) in [7, 11) is 1.91. The third-order valence-corrected chi connectivity index (χ3v) is 4.81. The molecule has 0 aliphatic heterocycles. The summed E-state index contributed by atoms with van der Waals surface area (Å²) in [5.74, 6) is 0.672. The first kappa shape index (κ1) is 13.7. The zero-order chi connectivity index (χ0) is 14.3. The molecule has 2 heterocycles. The Balaban J connectivity index is 1.93. The predicted molar refractivity (Wildman–Crippen MR) is 80.3 cm³/mol. The van der Waals surface area contributed by atoms with E-state index in [0.29, 0.717) is 18.9 Å². The van der Waals surface area contributed by atoms with E-state index in [1.165, 1.54) is 10.4 Å². The van der Waals surface area contributed by atoms with Gasteiger partial charge in [-0.25, -0.2) is 4.98 Å². The second-order valence-corrected chi connectivity index (χ2v) is 6.68. The molecule has 2 aromatic rings. The monoisotopic (exact) mass is 293 g/mol. The summed E-state index contributed by atoms with van der Waals surface area (Å²) >= 11 is 1.66. The van der Waals surface area contributed by atoms with Crippen molar-refractivity contribution in [1.29, 1.82) is 0 Å². The zero-order valence-electron chi connectivity index (χ0n) is 11.8. The van der Waals surface area contributed by atoms with E-state index in [2.05, 4.69) is 9.97 Å². The van der Waals surface area contributed by atoms with Crippen LogP contribution < -0.4 is 5.56 Å². The topological polar surface area (TPSA) is 69.2 Å². The maximum atomic E-state index is 12.3. The Kier molecular flexibility index (Phi) is 3.62. The van der Waals surface area contributed by atoms with Gasteiger partial charge in [-0.3, -0.25) is 9.69 Å². The second kappa shape index (κ2) is 5.27. The molecule has 0 fully saturated rings. The highest BCUT2D eigenvalue weighted by molar-refractivity contribution is 7.18. The summed E-state index contributed by atoms with van der Waals surface area (Å²) in [6.45, 7) is 2.85. The van der Waals surface area contributed by atoms with E-state index in [4.69, 9.17) is 0 Å². The lowest BCUT2D eigenvalue weighted by Gasteiger charge is -2.17. The number of likely N-dealkylation sites (N-methyl/N-ethyl adjacent to an activating group) is 1. The minimum absolute atomic E-state index is 0.0187. The number of hydrogen-bond donors (Lipinski definition) is 2. The number of aryl methyl sites for hydroxylation is 2. The number of nitrogens with zero attached hydrogens (tertiary/aromatic N) is 2. The molecule has 6 heteroatoms. The molecular formula is C14H19N3O2S. The summed E-state index contributed by atoms with van der Waals surface area (Å²) in [5, 5.41) is 10.2. The minimum Gasteiger partial charge on any atom is -0.392 e. The van der Waals surface area contributed by atoms with Crippen LogP contribution in [0.3, 0.4) is 0 Å². The Hall–Kier alpha value is -1.24. The van der Waals surface area contributed by atoms with Crippen LogP contribution in [0.25, 0.3) is 10.2 Å². The SMILES string of the molecule is CC(O)CN(C)Cc1nc2sc3c(c2c(=O)[nH]1)CCC3. The fourth-order valence-corrected chi connectivity index (χ4v) is 4.17. The third-order valence-electron chi connectivity index (χ3n) is 3.62. The molecule has 3 rings (SSSR count). The molecule has 1 aliphatic carbocycles. The van der Waals surface area contributed by atoms with E-state index in [1.54, 1.807) is 18.3 Å². The Morgan fingerprint density at radius 2 is 2.30 bits per heavy atom. The number of aliphatic hydroxyl groups is 1. The summed E-state index contributed by atoms with van der Waals surface area (Å²) < 4.78 is 0. The van der Waals surface area contributed by atoms with E-state index in [1.807, 2.05) is 11.9 Å². The highest BCUT2D eigenvalue weighted by Crippen LogP contribution is 2.34. The van der Waals surface area contributed by atoms with Crippen LogP contribution in [-0.2, 0) is 19.4 Å². The first-order chi connectivity index (χ1) is 9.54. The Morgan fingerprint density at radius 3 is 3.05 bits per heavy atom. The molecule has 0 spiro atoms. The van der Waals surface area contributed by atoms with E-state index in [9.17, 15) is 9.90 Å². The van der Waals surface area contributed by atoms with Crippen LogP contribution in [0.15, 0.2) is 4.79 Å². The van der Waals surface area contributed by atoms with Crippen molar-refractivity contribution >= 4 is 21.6 Å². The minimum atomic E-state index is -0.388. The van der Waals surface area contributed by atoms with E-state index >= 15 is 0 Å². The third kappa shape index (κ3) is 2.51. The fourth-order valence-electron chi connectivity index (χ4n) is 2.89. The first-order valence-corrected chi connectivity index (χ1v) is 7.76. The van der Waals surface area contributed by atoms with Gasteiger partial charge < -0.3 is 10.1 Å². The lowest BCUT2D eigenvalue weighted by molar-refractivity contribution is 0.137. The van der Waals surface area contributed by atoms with Crippen molar-refractivity contribution in [1.82, 2.24) is 14.9 Å². The van der Waals surface area contributed by atoms with Gasteiger partial charge in [0.25, 0.3) is 5.56 Å². The molecule has 1 unspecified atom stereocenters. The van der Waals surface area contributed by atoms with Gasteiger partial charge in [-0.15, -0.1) is 11.3 Å².